The van der Waals surface area contributed by atoms with E-state index in [4.69, 9.17) is 18.9 Å². The SMILES string of the molecule is CC(C)NCC(O)COc1cccc2c1OCC(O[N+](=O)[O-])C2.CC(C)NCC(O)COc1cccc2c1OCC(O[N+](=O)[O-])C2. The van der Waals surface area contributed by atoms with Crippen LogP contribution in [0.3, 0.4) is 0 Å². The molecule has 0 spiro atoms. The van der Waals surface area contributed by atoms with E-state index < -0.39 is 34.6 Å². The van der Waals surface area contributed by atoms with Crippen LogP contribution in [-0.4, -0.2) is 96.4 Å². The Morgan fingerprint density at radius 2 is 1.15 bits per heavy atom. The number of nitrogens with zero attached hydrogens (tertiary/aromatic N) is 2. The molecule has 0 fully saturated rings. The normalized spacial score (nSPS) is 18.0. The van der Waals surface area contributed by atoms with Crippen LogP contribution in [0.25, 0.3) is 0 Å². The molecule has 2 heterocycles. The second kappa shape index (κ2) is 18.1. The van der Waals surface area contributed by atoms with Crippen molar-refractivity contribution in [3.63, 3.8) is 0 Å². The van der Waals surface area contributed by atoms with Gasteiger partial charge in [-0.1, -0.05) is 52.0 Å². The van der Waals surface area contributed by atoms with E-state index in [-0.39, 0.29) is 38.5 Å². The van der Waals surface area contributed by atoms with Gasteiger partial charge in [-0.15, -0.1) is 20.2 Å². The van der Waals surface area contributed by atoms with E-state index >= 15 is 0 Å². The molecule has 0 aromatic heterocycles. The molecule has 2 aromatic carbocycles. The summed E-state index contributed by atoms with van der Waals surface area (Å²) >= 11 is 0. The highest BCUT2D eigenvalue weighted by atomic mass is 17.0. The summed E-state index contributed by atoms with van der Waals surface area (Å²) in [5.74, 6) is 2.15. The molecule has 0 bridgehead atoms. The predicted molar refractivity (Wildman–Crippen MR) is 164 cm³/mol. The first-order valence-electron chi connectivity index (χ1n) is 15.1. The lowest BCUT2D eigenvalue weighted by Crippen LogP contribution is -2.35. The van der Waals surface area contributed by atoms with Crippen LogP contribution in [0.15, 0.2) is 36.4 Å². The van der Waals surface area contributed by atoms with Crippen LogP contribution in [0.1, 0.15) is 38.8 Å². The fourth-order valence-electron chi connectivity index (χ4n) is 4.57. The molecule has 2 aromatic rings. The molecule has 0 aliphatic carbocycles. The molecule has 4 rings (SSSR count). The van der Waals surface area contributed by atoms with Crippen LogP contribution in [-0.2, 0) is 22.5 Å². The van der Waals surface area contributed by atoms with Gasteiger partial charge in [0.2, 0.25) is 0 Å². The van der Waals surface area contributed by atoms with E-state index in [2.05, 4.69) is 20.3 Å². The lowest BCUT2D eigenvalue weighted by atomic mass is 10.0. The summed E-state index contributed by atoms with van der Waals surface area (Å²) in [7, 11) is 0. The minimum Gasteiger partial charge on any atom is -0.487 e. The molecule has 0 saturated carbocycles. The highest BCUT2D eigenvalue weighted by molar-refractivity contribution is 5.48. The smallest absolute Gasteiger partial charge is 0.294 e. The first-order chi connectivity index (χ1) is 21.9. The molecule has 4 N–H and O–H groups in total. The van der Waals surface area contributed by atoms with Gasteiger partial charge in [-0.05, 0) is 12.1 Å². The van der Waals surface area contributed by atoms with Crippen LogP contribution in [0, 0.1) is 20.2 Å². The Hall–Kier alpha value is -4.12. The summed E-state index contributed by atoms with van der Waals surface area (Å²) in [5.41, 5.74) is 1.57. The van der Waals surface area contributed by atoms with Gasteiger partial charge in [-0.25, -0.2) is 0 Å². The summed E-state index contributed by atoms with van der Waals surface area (Å²) in [5, 5.41) is 45.2. The molecule has 0 saturated heterocycles. The van der Waals surface area contributed by atoms with Gasteiger partial charge in [0, 0.05) is 49.1 Å². The number of aliphatic hydroxyl groups is 2. The maximum Gasteiger partial charge on any atom is 0.294 e. The van der Waals surface area contributed by atoms with Gasteiger partial charge in [0.15, 0.2) is 23.0 Å². The molecule has 0 radical (unpaired) electrons. The predicted octanol–water partition coefficient (Wildman–Crippen LogP) is 1.87. The molecule has 4 atom stereocenters. The topological polar surface area (TPSA) is 206 Å². The van der Waals surface area contributed by atoms with Gasteiger partial charge < -0.3 is 49.5 Å². The van der Waals surface area contributed by atoms with Crippen LogP contribution < -0.4 is 29.6 Å². The van der Waals surface area contributed by atoms with Gasteiger partial charge in [-0.3, -0.25) is 0 Å². The Balaban J connectivity index is 0.000000250. The van der Waals surface area contributed by atoms with Crippen molar-refractivity contribution in [1.29, 1.82) is 0 Å². The summed E-state index contributed by atoms with van der Waals surface area (Å²) < 4.78 is 22.3. The third kappa shape index (κ3) is 12.3. The Bertz CT molecular complexity index is 1170. The molecule has 16 heteroatoms. The minimum atomic E-state index is -0.808. The van der Waals surface area contributed by atoms with Gasteiger partial charge in [0.1, 0.15) is 50.8 Å². The lowest BCUT2D eigenvalue weighted by molar-refractivity contribution is -0.769. The van der Waals surface area contributed by atoms with Crippen molar-refractivity contribution in [2.45, 2.75) is 77.0 Å². The van der Waals surface area contributed by atoms with E-state index in [1.54, 1.807) is 24.3 Å². The Kier molecular flexibility index (Phi) is 14.3. The average molecular weight is 653 g/mol. The van der Waals surface area contributed by atoms with E-state index in [0.717, 1.165) is 11.1 Å². The van der Waals surface area contributed by atoms with Crippen molar-refractivity contribution in [3.05, 3.63) is 67.8 Å². The number of para-hydroxylation sites is 2. The quantitative estimate of drug-likeness (QED) is 0.151. The standard InChI is InChI=1S/2C15H22N2O6/c2*1-10(2)16-7-12(18)8-21-14-5-3-4-11-6-13(23-17(19)20)9-22-15(11)14/h2*3-5,10,12-13,16,18H,6-9H2,1-2H3. The van der Waals surface area contributed by atoms with Gasteiger partial charge in [0.05, 0.1) is 0 Å². The van der Waals surface area contributed by atoms with Crippen LogP contribution >= 0.6 is 0 Å². The number of nitrogens with one attached hydrogen (secondary N) is 2. The maximum absolute atomic E-state index is 10.4. The molecule has 46 heavy (non-hydrogen) atoms. The fraction of sp³-hybridized carbons (Fsp3) is 0.600. The molecule has 0 amide bonds. The largest absolute Gasteiger partial charge is 0.487 e. The molecular weight excluding hydrogens is 608 g/mol. The molecule has 4 unspecified atom stereocenters. The third-order valence-electron chi connectivity index (χ3n) is 6.70. The van der Waals surface area contributed by atoms with Crippen molar-refractivity contribution < 1.29 is 49.0 Å². The van der Waals surface area contributed by atoms with Crippen molar-refractivity contribution in [2.24, 2.45) is 0 Å². The zero-order chi connectivity index (χ0) is 33.6. The Morgan fingerprint density at radius 1 is 0.761 bits per heavy atom. The first-order valence-corrected chi connectivity index (χ1v) is 15.1. The number of fused-ring (bicyclic) bond motifs is 2. The number of hydrogen-bond donors (Lipinski definition) is 4. The number of hydrogen-bond acceptors (Lipinski definition) is 14. The Labute approximate surface area is 267 Å². The molecule has 256 valence electrons. The molecule has 2 aliphatic rings. The second-order valence-electron chi connectivity index (χ2n) is 11.5. The van der Waals surface area contributed by atoms with Crippen molar-refractivity contribution in [3.8, 4) is 23.0 Å². The van der Waals surface area contributed by atoms with E-state index in [1.165, 1.54) is 0 Å². The summed E-state index contributed by atoms with van der Waals surface area (Å²) in [4.78, 5) is 29.9. The second-order valence-corrected chi connectivity index (χ2v) is 11.5. The minimum absolute atomic E-state index is 0.0891. The number of rotatable bonds is 16. The van der Waals surface area contributed by atoms with Gasteiger partial charge in [-0.2, -0.15) is 0 Å². The lowest BCUT2D eigenvalue weighted by Gasteiger charge is -2.25. The maximum atomic E-state index is 10.4. The van der Waals surface area contributed by atoms with Crippen LogP contribution in [0.5, 0.6) is 23.0 Å². The number of benzene rings is 2. The Morgan fingerprint density at radius 3 is 1.50 bits per heavy atom. The van der Waals surface area contributed by atoms with E-state index in [9.17, 15) is 30.4 Å². The van der Waals surface area contributed by atoms with Crippen molar-refractivity contribution >= 4 is 0 Å². The summed E-state index contributed by atoms with van der Waals surface area (Å²) in [6.07, 6.45) is -1.75. The summed E-state index contributed by atoms with van der Waals surface area (Å²) in [6, 6.07) is 11.3. The molecule has 2 aliphatic heterocycles. The van der Waals surface area contributed by atoms with Crippen LogP contribution in [0.2, 0.25) is 0 Å². The van der Waals surface area contributed by atoms with E-state index in [1.807, 2.05) is 39.8 Å². The average Bonchev–Trinajstić information content (AvgIpc) is 3.00. The number of ether oxygens (including phenoxy) is 4. The number of aliphatic hydroxyl groups excluding tert-OH is 2. The first kappa shape index (κ1) is 36.3. The van der Waals surface area contributed by atoms with Crippen molar-refractivity contribution in [1.82, 2.24) is 10.6 Å². The van der Waals surface area contributed by atoms with Crippen LogP contribution in [0.4, 0.5) is 0 Å². The molecular formula is C30H44N4O12. The zero-order valence-electron chi connectivity index (χ0n) is 26.5. The zero-order valence-corrected chi connectivity index (χ0v) is 26.5. The van der Waals surface area contributed by atoms with E-state index in [0.29, 0.717) is 48.9 Å². The highest BCUT2D eigenvalue weighted by Gasteiger charge is 2.27. The monoisotopic (exact) mass is 652 g/mol. The van der Waals surface area contributed by atoms with Gasteiger partial charge in [0.25, 0.3) is 10.2 Å². The fourth-order valence-corrected chi connectivity index (χ4v) is 4.57. The van der Waals surface area contributed by atoms with Gasteiger partial charge >= 0.3 is 0 Å². The summed E-state index contributed by atoms with van der Waals surface area (Å²) in [6.45, 7) is 9.31. The molecule has 16 nitrogen and oxygen atoms in total. The third-order valence-corrected chi connectivity index (χ3v) is 6.70. The van der Waals surface area contributed by atoms with Crippen molar-refractivity contribution in [2.75, 3.05) is 39.5 Å². The highest BCUT2D eigenvalue weighted by Crippen LogP contribution is 2.36.